The van der Waals surface area contributed by atoms with E-state index in [1.165, 1.54) is 12.1 Å². The predicted octanol–water partition coefficient (Wildman–Crippen LogP) is 5.12. The number of carbonyl (C=O) groups excluding carboxylic acids is 1. The zero-order valence-corrected chi connectivity index (χ0v) is 19.8. The van der Waals surface area contributed by atoms with Crippen molar-refractivity contribution in [1.29, 1.82) is 0 Å². The molecule has 0 aliphatic carbocycles. The van der Waals surface area contributed by atoms with E-state index in [0.717, 1.165) is 29.0 Å². The van der Waals surface area contributed by atoms with Gasteiger partial charge in [0, 0.05) is 35.6 Å². The van der Waals surface area contributed by atoms with Crippen LogP contribution < -0.4 is 10.1 Å². The van der Waals surface area contributed by atoms with Gasteiger partial charge in [0.05, 0.1) is 23.6 Å². The molecule has 0 bridgehead atoms. The van der Waals surface area contributed by atoms with Crippen molar-refractivity contribution in [3.8, 4) is 22.7 Å². The zero-order valence-electron chi connectivity index (χ0n) is 19.8. The van der Waals surface area contributed by atoms with Gasteiger partial charge in [-0.1, -0.05) is 23.9 Å². The highest BCUT2D eigenvalue weighted by Crippen LogP contribution is 2.34. The van der Waals surface area contributed by atoms with Crippen LogP contribution in [0, 0.1) is 13.8 Å². The van der Waals surface area contributed by atoms with E-state index in [0.29, 0.717) is 11.4 Å². The van der Waals surface area contributed by atoms with Gasteiger partial charge in [0.25, 0.3) is 5.91 Å². The van der Waals surface area contributed by atoms with Gasteiger partial charge in [0.1, 0.15) is 18.1 Å². The molecule has 0 aliphatic rings. The zero-order chi connectivity index (χ0) is 26.0. The number of aromatic nitrogens is 5. The van der Waals surface area contributed by atoms with Crippen LogP contribution in [0.2, 0.25) is 0 Å². The highest BCUT2D eigenvalue weighted by Gasteiger charge is 2.31. The van der Waals surface area contributed by atoms with Crippen molar-refractivity contribution in [2.75, 3.05) is 11.9 Å². The van der Waals surface area contributed by atoms with E-state index in [-0.39, 0.29) is 23.6 Å². The molecule has 2 heterocycles. The fourth-order valence-corrected chi connectivity index (χ4v) is 3.53. The van der Waals surface area contributed by atoms with E-state index in [9.17, 15) is 18.0 Å². The maximum atomic E-state index is 13.4. The molecule has 186 valence electrons. The molecule has 0 saturated heterocycles. The first-order valence-corrected chi connectivity index (χ1v) is 10.9. The minimum Gasteiger partial charge on any atom is -0.489 e. The molecule has 11 heteroatoms. The SMILES string of the molecule is C=CCOc1cc(NC(=O)c2ccc(C)c(-n3cc(-c4cnn(C)c4C)nn3)c2)cc(C(F)(F)F)c1. The van der Waals surface area contributed by atoms with Crippen molar-refractivity contribution in [2.24, 2.45) is 7.05 Å². The molecule has 0 aliphatic heterocycles. The molecule has 4 aromatic rings. The first-order valence-electron chi connectivity index (χ1n) is 10.9. The van der Waals surface area contributed by atoms with Crippen LogP contribution in [0.5, 0.6) is 5.75 Å². The molecule has 0 atom stereocenters. The van der Waals surface area contributed by atoms with Crippen LogP contribution in [0.15, 0.2) is 61.4 Å². The second-order valence-corrected chi connectivity index (χ2v) is 8.11. The first kappa shape index (κ1) is 24.7. The van der Waals surface area contributed by atoms with Gasteiger partial charge in [-0.2, -0.15) is 18.3 Å². The Labute approximate surface area is 205 Å². The molecule has 0 radical (unpaired) electrons. The number of nitrogens with zero attached hydrogens (tertiary/aromatic N) is 5. The van der Waals surface area contributed by atoms with E-state index < -0.39 is 17.6 Å². The molecule has 0 spiro atoms. The lowest BCUT2D eigenvalue weighted by Crippen LogP contribution is -2.14. The number of hydrogen-bond acceptors (Lipinski definition) is 5. The molecular formula is C25H23F3N6O2. The monoisotopic (exact) mass is 496 g/mol. The van der Waals surface area contributed by atoms with Gasteiger partial charge >= 0.3 is 6.18 Å². The fourth-order valence-electron chi connectivity index (χ4n) is 3.53. The number of benzene rings is 2. The number of hydrogen-bond donors (Lipinski definition) is 1. The second kappa shape index (κ2) is 9.68. The van der Waals surface area contributed by atoms with Crippen molar-refractivity contribution >= 4 is 11.6 Å². The largest absolute Gasteiger partial charge is 0.489 e. The summed E-state index contributed by atoms with van der Waals surface area (Å²) in [6.45, 7) is 7.28. The molecule has 1 amide bonds. The van der Waals surface area contributed by atoms with Gasteiger partial charge in [0.15, 0.2) is 0 Å². The van der Waals surface area contributed by atoms with E-state index in [4.69, 9.17) is 4.74 Å². The number of anilines is 1. The van der Waals surface area contributed by atoms with Crippen LogP contribution in [0.1, 0.15) is 27.2 Å². The van der Waals surface area contributed by atoms with Gasteiger partial charge in [-0.15, -0.1) is 5.10 Å². The maximum absolute atomic E-state index is 13.4. The third kappa shape index (κ3) is 5.14. The van der Waals surface area contributed by atoms with E-state index >= 15 is 0 Å². The predicted molar refractivity (Wildman–Crippen MR) is 128 cm³/mol. The third-order valence-corrected chi connectivity index (χ3v) is 5.58. The summed E-state index contributed by atoms with van der Waals surface area (Å²) in [5, 5.41) is 15.1. The Balaban J connectivity index is 1.62. The number of ether oxygens (including phenoxy) is 1. The molecule has 1 N–H and O–H groups in total. The molecule has 8 nitrogen and oxygen atoms in total. The number of nitrogens with one attached hydrogen (secondary N) is 1. The summed E-state index contributed by atoms with van der Waals surface area (Å²) in [4.78, 5) is 13.0. The van der Waals surface area contributed by atoms with E-state index in [1.807, 2.05) is 20.9 Å². The van der Waals surface area contributed by atoms with Crippen LogP contribution >= 0.6 is 0 Å². The number of alkyl halides is 3. The lowest BCUT2D eigenvalue weighted by atomic mass is 10.1. The molecular weight excluding hydrogens is 473 g/mol. The molecule has 2 aromatic heterocycles. The van der Waals surface area contributed by atoms with Crippen LogP contribution in [-0.2, 0) is 13.2 Å². The van der Waals surface area contributed by atoms with Crippen molar-refractivity contribution in [1.82, 2.24) is 24.8 Å². The van der Waals surface area contributed by atoms with Gasteiger partial charge in [-0.3, -0.25) is 9.48 Å². The molecule has 36 heavy (non-hydrogen) atoms. The maximum Gasteiger partial charge on any atom is 0.416 e. The average molecular weight is 496 g/mol. The molecule has 0 unspecified atom stereocenters. The molecule has 0 saturated carbocycles. The number of carbonyl (C=O) groups is 1. The standard InChI is InChI=1S/C25H23F3N6O2/c1-5-8-36-20-11-18(25(26,27)28)10-19(12-20)30-24(35)17-7-6-15(2)23(9-17)34-14-22(31-32-34)21-13-29-33(4)16(21)3/h5-7,9-14H,1,8H2,2-4H3,(H,30,35). The molecule has 2 aromatic carbocycles. The Morgan fingerprint density at radius 1 is 1.19 bits per heavy atom. The lowest BCUT2D eigenvalue weighted by molar-refractivity contribution is -0.137. The summed E-state index contributed by atoms with van der Waals surface area (Å²) in [5.41, 5.74) is 3.03. The Bertz CT molecular complexity index is 1440. The Morgan fingerprint density at radius 2 is 1.97 bits per heavy atom. The second-order valence-electron chi connectivity index (χ2n) is 8.11. The van der Waals surface area contributed by atoms with E-state index in [1.54, 1.807) is 40.0 Å². The number of rotatable bonds is 7. The van der Waals surface area contributed by atoms with E-state index in [2.05, 4.69) is 27.3 Å². The van der Waals surface area contributed by atoms with Gasteiger partial charge in [-0.25, -0.2) is 4.68 Å². The minimum atomic E-state index is -4.61. The number of halogens is 3. The van der Waals surface area contributed by atoms with Crippen molar-refractivity contribution < 1.29 is 22.7 Å². The van der Waals surface area contributed by atoms with Crippen LogP contribution in [0.3, 0.4) is 0 Å². The smallest absolute Gasteiger partial charge is 0.416 e. The summed E-state index contributed by atoms with van der Waals surface area (Å²) in [6, 6.07) is 7.96. The van der Waals surface area contributed by atoms with Crippen LogP contribution in [0.4, 0.5) is 18.9 Å². The number of aryl methyl sites for hydroxylation is 2. The third-order valence-electron chi connectivity index (χ3n) is 5.58. The fraction of sp³-hybridized carbons (Fsp3) is 0.200. The van der Waals surface area contributed by atoms with Crippen molar-refractivity contribution in [3.05, 3.63) is 83.8 Å². The topological polar surface area (TPSA) is 86.9 Å². The molecule has 4 rings (SSSR count). The van der Waals surface area contributed by atoms with Crippen molar-refractivity contribution in [2.45, 2.75) is 20.0 Å². The summed E-state index contributed by atoms with van der Waals surface area (Å²) >= 11 is 0. The summed E-state index contributed by atoms with van der Waals surface area (Å²) in [5.74, 6) is -0.626. The van der Waals surface area contributed by atoms with Gasteiger partial charge in [0.2, 0.25) is 0 Å². The van der Waals surface area contributed by atoms with Crippen LogP contribution in [0.25, 0.3) is 16.9 Å². The Hall–Kier alpha value is -4.41. The highest BCUT2D eigenvalue weighted by atomic mass is 19.4. The highest BCUT2D eigenvalue weighted by molar-refractivity contribution is 6.04. The summed E-state index contributed by atoms with van der Waals surface area (Å²) < 4.78 is 48.6. The minimum absolute atomic E-state index is 0.0223. The van der Waals surface area contributed by atoms with Crippen LogP contribution in [-0.4, -0.2) is 37.3 Å². The summed E-state index contributed by atoms with van der Waals surface area (Å²) in [7, 11) is 1.83. The quantitative estimate of drug-likeness (QED) is 0.359. The average Bonchev–Trinajstić information content (AvgIpc) is 3.44. The normalized spacial score (nSPS) is 11.4. The van der Waals surface area contributed by atoms with Crippen molar-refractivity contribution in [3.63, 3.8) is 0 Å². The number of amides is 1. The summed E-state index contributed by atoms with van der Waals surface area (Å²) in [6.07, 6.45) is 0.228. The van der Waals surface area contributed by atoms with Gasteiger partial charge < -0.3 is 10.1 Å². The Morgan fingerprint density at radius 3 is 2.64 bits per heavy atom. The first-order chi connectivity index (χ1) is 17.1. The lowest BCUT2D eigenvalue weighted by Gasteiger charge is -2.14. The van der Waals surface area contributed by atoms with Gasteiger partial charge in [-0.05, 0) is 43.7 Å². The Kier molecular flexibility index (Phi) is 6.65. The molecule has 0 fully saturated rings.